The van der Waals surface area contributed by atoms with E-state index in [1.54, 1.807) is 0 Å². The number of ether oxygens (including phenoxy) is 1. The smallest absolute Gasteiger partial charge is 0.124 e. The monoisotopic (exact) mass is 233 g/mol. The molecule has 0 radical (unpaired) electrons. The zero-order valence-corrected chi connectivity index (χ0v) is 10.9. The molecule has 0 saturated carbocycles. The highest BCUT2D eigenvalue weighted by Gasteiger charge is 2.38. The summed E-state index contributed by atoms with van der Waals surface area (Å²) in [7, 11) is 0. The van der Waals surface area contributed by atoms with E-state index in [4.69, 9.17) is 10.5 Å². The summed E-state index contributed by atoms with van der Waals surface area (Å²) >= 11 is 0. The number of hydrogen-bond acceptors (Lipinski definition) is 2. The minimum atomic E-state index is -0.0305. The minimum absolute atomic E-state index is 0.0305. The van der Waals surface area contributed by atoms with E-state index in [1.165, 1.54) is 0 Å². The van der Waals surface area contributed by atoms with Gasteiger partial charge in [-0.15, -0.1) is 0 Å². The van der Waals surface area contributed by atoms with Crippen LogP contribution in [0.3, 0.4) is 0 Å². The summed E-state index contributed by atoms with van der Waals surface area (Å²) in [5, 5.41) is 0. The van der Waals surface area contributed by atoms with E-state index >= 15 is 0 Å². The SMILES string of the molecule is CCCC1(CCC)C[C@H](N)c2ccccc2O1. The number of para-hydroxylation sites is 1. The molecule has 0 spiro atoms. The molecule has 2 N–H and O–H groups in total. The number of nitrogens with two attached hydrogens (primary N) is 1. The summed E-state index contributed by atoms with van der Waals surface area (Å²) in [6.07, 6.45) is 5.45. The molecular weight excluding hydrogens is 210 g/mol. The van der Waals surface area contributed by atoms with Gasteiger partial charge in [-0.05, 0) is 18.9 Å². The molecule has 0 bridgehead atoms. The fourth-order valence-corrected chi connectivity index (χ4v) is 3.01. The van der Waals surface area contributed by atoms with Crippen LogP contribution in [0.15, 0.2) is 24.3 Å². The molecule has 0 saturated heterocycles. The summed E-state index contributed by atoms with van der Waals surface area (Å²) in [6, 6.07) is 8.32. The second-order valence-corrected chi connectivity index (χ2v) is 5.13. The molecule has 0 amide bonds. The first-order valence-electron chi connectivity index (χ1n) is 6.74. The number of rotatable bonds is 4. The summed E-state index contributed by atoms with van der Waals surface area (Å²) < 4.78 is 6.29. The molecule has 17 heavy (non-hydrogen) atoms. The fraction of sp³-hybridized carbons (Fsp3) is 0.600. The number of hydrogen-bond donors (Lipinski definition) is 1. The molecule has 0 aromatic heterocycles. The Balaban J connectivity index is 2.29. The second-order valence-electron chi connectivity index (χ2n) is 5.13. The van der Waals surface area contributed by atoms with Gasteiger partial charge >= 0.3 is 0 Å². The third-order valence-corrected chi connectivity index (χ3v) is 3.65. The van der Waals surface area contributed by atoms with Gasteiger partial charge in [-0.3, -0.25) is 0 Å². The molecule has 1 aromatic carbocycles. The number of fused-ring (bicyclic) bond motifs is 1. The van der Waals surface area contributed by atoms with Crippen LogP contribution < -0.4 is 10.5 Å². The van der Waals surface area contributed by atoms with Crippen molar-refractivity contribution in [2.24, 2.45) is 5.73 Å². The molecule has 1 aromatic rings. The Morgan fingerprint density at radius 1 is 1.24 bits per heavy atom. The first-order chi connectivity index (χ1) is 8.21. The van der Waals surface area contributed by atoms with E-state index in [0.29, 0.717) is 0 Å². The average Bonchev–Trinajstić information content (AvgIpc) is 2.29. The quantitative estimate of drug-likeness (QED) is 0.858. The maximum absolute atomic E-state index is 6.30. The predicted molar refractivity (Wildman–Crippen MR) is 71.2 cm³/mol. The maximum atomic E-state index is 6.30. The van der Waals surface area contributed by atoms with Gasteiger partial charge in [0.2, 0.25) is 0 Å². The molecule has 2 nitrogen and oxygen atoms in total. The topological polar surface area (TPSA) is 35.2 Å². The van der Waals surface area contributed by atoms with Crippen molar-refractivity contribution in [3.05, 3.63) is 29.8 Å². The fourth-order valence-electron chi connectivity index (χ4n) is 3.01. The maximum Gasteiger partial charge on any atom is 0.124 e. The second kappa shape index (κ2) is 5.09. The number of benzene rings is 1. The molecule has 0 fully saturated rings. The van der Waals surface area contributed by atoms with Gasteiger partial charge in [0.1, 0.15) is 11.4 Å². The summed E-state index contributed by atoms with van der Waals surface area (Å²) in [5.74, 6) is 0.994. The van der Waals surface area contributed by atoms with Crippen LogP contribution in [0.25, 0.3) is 0 Å². The van der Waals surface area contributed by atoms with Crippen LogP contribution in [0, 0.1) is 0 Å². The lowest BCUT2D eigenvalue weighted by molar-refractivity contribution is 0.0180. The lowest BCUT2D eigenvalue weighted by Crippen LogP contribution is -2.42. The van der Waals surface area contributed by atoms with Crippen molar-refractivity contribution >= 4 is 0 Å². The summed E-state index contributed by atoms with van der Waals surface area (Å²) in [4.78, 5) is 0. The van der Waals surface area contributed by atoms with Crippen molar-refractivity contribution in [3.63, 3.8) is 0 Å². The van der Waals surface area contributed by atoms with Crippen LogP contribution in [-0.2, 0) is 0 Å². The van der Waals surface area contributed by atoms with Gasteiger partial charge in [-0.25, -0.2) is 0 Å². The Labute approximate surface area is 104 Å². The van der Waals surface area contributed by atoms with E-state index in [1.807, 2.05) is 12.1 Å². The predicted octanol–water partition coefficient (Wildman–Crippen LogP) is 3.81. The molecule has 1 heterocycles. The molecule has 0 unspecified atom stereocenters. The molecule has 0 aliphatic carbocycles. The van der Waals surface area contributed by atoms with Gasteiger partial charge in [-0.2, -0.15) is 0 Å². The Morgan fingerprint density at radius 2 is 1.88 bits per heavy atom. The van der Waals surface area contributed by atoms with Gasteiger partial charge in [-0.1, -0.05) is 44.9 Å². The highest BCUT2D eigenvalue weighted by atomic mass is 16.5. The molecule has 2 rings (SSSR count). The van der Waals surface area contributed by atoms with Crippen molar-refractivity contribution < 1.29 is 4.74 Å². The first-order valence-corrected chi connectivity index (χ1v) is 6.74. The van der Waals surface area contributed by atoms with Crippen molar-refractivity contribution in [2.75, 3.05) is 0 Å². The zero-order chi connectivity index (χ0) is 12.3. The molecule has 2 heteroatoms. The van der Waals surface area contributed by atoms with Crippen LogP contribution in [0.2, 0.25) is 0 Å². The van der Waals surface area contributed by atoms with Gasteiger partial charge < -0.3 is 10.5 Å². The lowest BCUT2D eigenvalue weighted by atomic mass is 9.81. The third kappa shape index (κ3) is 2.47. The molecule has 94 valence electrons. The average molecular weight is 233 g/mol. The van der Waals surface area contributed by atoms with Crippen LogP contribution >= 0.6 is 0 Å². The van der Waals surface area contributed by atoms with Gasteiger partial charge in [0, 0.05) is 18.0 Å². The lowest BCUT2D eigenvalue weighted by Gasteiger charge is -2.41. The van der Waals surface area contributed by atoms with Crippen molar-refractivity contribution in [1.29, 1.82) is 0 Å². The van der Waals surface area contributed by atoms with E-state index in [-0.39, 0.29) is 11.6 Å². The normalized spacial score (nSPS) is 21.7. The summed E-state index contributed by atoms with van der Waals surface area (Å²) in [5.41, 5.74) is 7.43. The van der Waals surface area contributed by atoms with Crippen molar-refractivity contribution in [1.82, 2.24) is 0 Å². The first kappa shape index (κ1) is 12.4. The van der Waals surface area contributed by atoms with E-state index in [0.717, 1.165) is 43.4 Å². The Kier molecular flexibility index (Phi) is 3.72. The van der Waals surface area contributed by atoms with E-state index in [9.17, 15) is 0 Å². The molecule has 1 atom stereocenters. The van der Waals surface area contributed by atoms with Gasteiger partial charge in [0.05, 0.1) is 0 Å². The van der Waals surface area contributed by atoms with Crippen LogP contribution in [0.5, 0.6) is 5.75 Å². The standard InChI is InChI=1S/C15H23NO/c1-3-9-15(10-4-2)11-13(16)12-7-5-6-8-14(12)17-15/h5-8,13H,3-4,9-11,16H2,1-2H3/t13-/m0/s1. The van der Waals surface area contributed by atoms with E-state index < -0.39 is 0 Å². The highest BCUT2D eigenvalue weighted by Crippen LogP contribution is 2.42. The van der Waals surface area contributed by atoms with Gasteiger partial charge in [0.15, 0.2) is 0 Å². The highest BCUT2D eigenvalue weighted by molar-refractivity contribution is 5.38. The Hall–Kier alpha value is -1.02. The van der Waals surface area contributed by atoms with Crippen molar-refractivity contribution in [2.45, 2.75) is 57.6 Å². The third-order valence-electron chi connectivity index (χ3n) is 3.65. The summed E-state index contributed by atoms with van der Waals surface area (Å²) in [6.45, 7) is 4.43. The Bertz CT molecular complexity index is 369. The molecular formula is C15H23NO. The largest absolute Gasteiger partial charge is 0.487 e. The Morgan fingerprint density at radius 3 is 2.53 bits per heavy atom. The zero-order valence-electron chi connectivity index (χ0n) is 10.9. The minimum Gasteiger partial charge on any atom is -0.487 e. The van der Waals surface area contributed by atoms with E-state index in [2.05, 4.69) is 26.0 Å². The molecule has 1 aliphatic rings. The van der Waals surface area contributed by atoms with Crippen LogP contribution in [0.4, 0.5) is 0 Å². The van der Waals surface area contributed by atoms with Crippen molar-refractivity contribution in [3.8, 4) is 5.75 Å². The van der Waals surface area contributed by atoms with Crippen LogP contribution in [-0.4, -0.2) is 5.60 Å². The molecule has 1 aliphatic heterocycles. The van der Waals surface area contributed by atoms with Crippen LogP contribution in [0.1, 0.15) is 57.6 Å². The van der Waals surface area contributed by atoms with Gasteiger partial charge in [0.25, 0.3) is 0 Å².